The number of hydrogen-bond acceptors (Lipinski definition) is 5. The number of allylic oxidation sites excluding steroid dienone is 1. The Labute approximate surface area is 167 Å². The van der Waals surface area contributed by atoms with Crippen LogP contribution in [0.3, 0.4) is 0 Å². The molecule has 0 aliphatic heterocycles. The monoisotopic (exact) mass is 387 g/mol. The Kier molecular flexibility index (Phi) is 7.59. The number of rotatable bonds is 10. The molecular weight excluding hydrogens is 354 g/mol. The molecule has 1 saturated carbocycles. The second kappa shape index (κ2) is 10.1. The summed E-state index contributed by atoms with van der Waals surface area (Å²) in [5, 5.41) is 7.84. The molecule has 1 aliphatic carbocycles. The molecule has 3 rings (SSSR count). The van der Waals surface area contributed by atoms with Crippen LogP contribution < -0.4 is 10.6 Å². The molecule has 1 aliphatic rings. The van der Waals surface area contributed by atoms with Gasteiger partial charge in [-0.05, 0) is 63.8 Å². The van der Waals surface area contributed by atoms with Gasteiger partial charge in [0.1, 0.15) is 17.8 Å². The van der Waals surface area contributed by atoms with Gasteiger partial charge in [0.25, 0.3) is 0 Å². The van der Waals surface area contributed by atoms with E-state index < -0.39 is 0 Å². The van der Waals surface area contributed by atoms with Crippen molar-refractivity contribution in [3.05, 3.63) is 30.2 Å². The van der Waals surface area contributed by atoms with E-state index in [-0.39, 0.29) is 0 Å². The maximum absolute atomic E-state index is 4.54. The zero-order valence-electron chi connectivity index (χ0n) is 16.9. The highest BCUT2D eigenvalue weighted by Crippen LogP contribution is 2.38. The van der Waals surface area contributed by atoms with Crippen molar-refractivity contribution in [3.63, 3.8) is 0 Å². The molecule has 2 aromatic rings. The maximum atomic E-state index is 4.54. The first-order chi connectivity index (χ1) is 13.2. The van der Waals surface area contributed by atoms with Crippen LogP contribution in [0.2, 0.25) is 0 Å². The van der Waals surface area contributed by atoms with Crippen LogP contribution in [0.4, 0.5) is 5.82 Å². The molecule has 2 aromatic heterocycles. The van der Waals surface area contributed by atoms with Crippen molar-refractivity contribution >= 4 is 28.6 Å². The van der Waals surface area contributed by atoms with Crippen molar-refractivity contribution < 1.29 is 0 Å². The summed E-state index contributed by atoms with van der Waals surface area (Å²) in [6.07, 6.45) is 11.1. The van der Waals surface area contributed by atoms with Gasteiger partial charge in [0.15, 0.2) is 0 Å². The molecule has 0 bridgehead atoms. The lowest BCUT2D eigenvalue weighted by Crippen LogP contribution is -2.19. The number of anilines is 1. The predicted octanol–water partition coefficient (Wildman–Crippen LogP) is 4.49. The molecule has 5 nitrogen and oxygen atoms in total. The summed E-state index contributed by atoms with van der Waals surface area (Å²) in [6.45, 7) is 6.53. The highest BCUT2D eigenvalue weighted by molar-refractivity contribution is 7.99. The summed E-state index contributed by atoms with van der Waals surface area (Å²) in [5.74, 6) is 4.23. The molecule has 148 valence electrons. The van der Waals surface area contributed by atoms with Gasteiger partial charge in [0, 0.05) is 31.6 Å². The SMILES string of the molecule is C/C=C(\C)CCNCCSC[C@@H]1CC[C@H](n2ccc3c(NC)ncnc32)C1. The van der Waals surface area contributed by atoms with E-state index in [9.17, 15) is 0 Å². The van der Waals surface area contributed by atoms with E-state index in [1.54, 1.807) is 6.33 Å². The van der Waals surface area contributed by atoms with Crippen molar-refractivity contribution in [2.45, 2.75) is 45.6 Å². The normalized spacial score (nSPS) is 20.5. The van der Waals surface area contributed by atoms with Crippen molar-refractivity contribution in [1.29, 1.82) is 0 Å². The van der Waals surface area contributed by atoms with Gasteiger partial charge in [-0.1, -0.05) is 11.6 Å². The molecule has 27 heavy (non-hydrogen) atoms. The van der Waals surface area contributed by atoms with Gasteiger partial charge in [-0.25, -0.2) is 9.97 Å². The Hall–Kier alpha value is -1.53. The molecule has 0 amide bonds. The molecule has 0 saturated heterocycles. The smallest absolute Gasteiger partial charge is 0.145 e. The zero-order chi connectivity index (χ0) is 19.1. The lowest BCUT2D eigenvalue weighted by Gasteiger charge is -2.14. The third-order valence-electron chi connectivity index (χ3n) is 5.62. The summed E-state index contributed by atoms with van der Waals surface area (Å²) in [4.78, 5) is 8.85. The van der Waals surface area contributed by atoms with E-state index in [1.807, 2.05) is 7.05 Å². The number of nitrogens with zero attached hydrogens (tertiary/aromatic N) is 3. The molecule has 1 fully saturated rings. The highest BCUT2D eigenvalue weighted by atomic mass is 32.2. The third-order valence-corrected chi connectivity index (χ3v) is 6.82. The van der Waals surface area contributed by atoms with Crippen molar-refractivity contribution in [2.24, 2.45) is 5.92 Å². The van der Waals surface area contributed by atoms with Gasteiger partial charge in [0.2, 0.25) is 0 Å². The topological polar surface area (TPSA) is 54.8 Å². The number of fused-ring (bicyclic) bond motifs is 1. The molecule has 6 heteroatoms. The fourth-order valence-electron chi connectivity index (χ4n) is 3.87. The molecule has 0 aromatic carbocycles. The van der Waals surface area contributed by atoms with Crippen LogP contribution in [0.15, 0.2) is 30.2 Å². The Balaban J connectivity index is 1.41. The molecule has 0 spiro atoms. The minimum absolute atomic E-state index is 0.578. The van der Waals surface area contributed by atoms with Crippen LogP contribution in [0.1, 0.15) is 45.6 Å². The molecule has 2 heterocycles. The van der Waals surface area contributed by atoms with Crippen LogP contribution in [-0.2, 0) is 0 Å². The van der Waals surface area contributed by atoms with E-state index in [4.69, 9.17) is 0 Å². The largest absolute Gasteiger partial charge is 0.372 e. The summed E-state index contributed by atoms with van der Waals surface area (Å²) < 4.78 is 2.37. The Morgan fingerprint density at radius 3 is 3.04 bits per heavy atom. The summed E-state index contributed by atoms with van der Waals surface area (Å²) in [6, 6.07) is 2.72. The number of thioether (sulfide) groups is 1. The number of nitrogens with one attached hydrogen (secondary N) is 2. The summed E-state index contributed by atoms with van der Waals surface area (Å²) in [7, 11) is 1.92. The minimum atomic E-state index is 0.578. The summed E-state index contributed by atoms with van der Waals surface area (Å²) >= 11 is 2.10. The molecule has 0 unspecified atom stereocenters. The first-order valence-corrected chi connectivity index (χ1v) is 11.3. The van der Waals surface area contributed by atoms with Crippen LogP contribution in [0.5, 0.6) is 0 Å². The zero-order valence-corrected chi connectivity index (χ0v) is 17.7. The van der Waals surface area contributed by atoms with Gasteiger partial charge in [0.05, 0.1) is 5.39 Å². The average molecular weight is 388 g/mol. The second-order valence-electron chi connectivity index (χ2n) is 7.48. The lowest BCUT2D eigenvalue weighted by molar-refractivity contribution is 0.507. The van der Waals surface area contributed by atoms with Crippen LogP contribution in [-0.4, -0.2) is 46.2 Å². The number of aromatic nitrogens is 3. The van der Waals surface area contributed by atoms with E-state index in [0.29, 0.717) is 6.04 Å². The quantitative estimate of drug-likeness (QED) is 0.464. The fraction of sp³-hybridized carbons (Fsp3) is 0.619. The van der Waals surface area contributed by atoms with Crippen molar-refractivity contribution in [1.82, 2.24) is 19.9 Å². The Morgan fingerprint density at radius 2 is 2.22 bits per heavy atom. The van der Waals surface area contributed by atoms with E-state index in [1.165, 1.54) is 36.3 Å². The van der Waals surface area contributed by atoms with E-state index in [2.05, 4.69) is 69.1 Å². The second-order valence-corrected chi connectivity index (χ2v) is 8.63. The average Bonchev–Trinajstić information content (AvgIpc) is 3.33. The first-order valence-electron chi connectivity index (χ1n) is 10.1. The van der Waals surface area contributed by atoms with Gasteiger partial charge >= 0.3 is 0 Å². The molecule has 2 N–H and O–H groups in total. The van der Waals surface area contributed by atoms with Crippen molar-refractivity contribution in [3.8, 4) is 0 Å². The maximum Gasteiger partial charge on any atom is 0.145 e. The Bertz CT molecular complexity index is 754. The number of hydrogen-bond donors (Lipinski definition) is 2. The minimum Gasteiger partial charge on any atom is -0.372 e. The van der Waals surface area contributed by atoms with Crippen LogP contribution in [0.25, 0.3) is 11.0 Å². The van der Waals surface area contributed by atoms with E-state index in [0.717, 1.165) is 42.3 Å². The molecule has 2 atom stereocenters. The molecule has 0 radical (unpaired) electrons. The highest BCUT2D eigenvalue weighted by Gasteiger charge is 2.27. The third kappa shape index (κ3) is 5.26. The van der Waals surface area contributed by atoms with Crippen LogP contribution in [0, 0.1) is 5.92 Å². The van der Waals surface area contributed by atoms with Gasteiger partial charge in [-0.15, -0.1) is 0 Å². The first kappa shape index (κ1) is 20.2. The molecular formula is C21H33N5S. The fourth-order valence-corrected chi connectivity index (χ4v) is 4.96. The van der Waals surface area contributed by atoms with Gasteiger partial charge < -0.3 is 15.2 Å². The van der Waals surface area contributed by atoms with Gasteiger partial charge in [-0.3, -0.25) is 0 Å². The Morgan fingerprint density at radius 1 is 1.33 bits per heavy atom. The van der Waals surface area contributed by atoms with Crippen molar-refractivity contribution in [2.75, 3.05) is 37.0 Å². The summed E-state index contributed by atoms with van der Waals surface area (Å²) in [5.41, 5.74) is 2.53. The lowest BCUT2D eigenvalue weighted by atomic mass is 10.1. The standard InChI is InChI=1S/C21H33N5S/c1-4-16(2)7-9-23-10-12-27-14-17-5-6-18(13-17)26-11-8-19-20(22-3)24-15-25-21(19)26/h4,8,11,15,17-18,23H,5-7,9-10,12-14H2,1-3H3,(H,22,24,25)/b16-4+/t17-,18+/m1/s1. The van der Waals surface area contributed by atoms with E-state index >= 15 is 0 Å². The predicted molar refractivity (Wildman–Crippen MR) is 118 cm³/mol. The van der Waals surface area contributed by atoms with Crippen LogP contribution >= 0.6 is 11.8 Å². The van der Waals surface area contributed by atoms with Gasteiger partial charge in [-0.2, -0.15) is 11.8 Å².